The van der Waals surface area contributed by atoms with E-state index in [4.69, 9.17) is 0 Å². The Bertz CT molecular complexity index is 406. The zero-order valence-electron chi connectivity index (χ0n) is 8.69. The van der Waals surface area contributed by atoms with E-state index in [1.54, 1.807) is 17.5 Å². The fourth-order valence-corrected chi connectivity index (χ4v) is 1.87. The first-order valence-electron chi connectivity index (χ1n) is 4.81. The minimum absolute atomic E-state index is 0.463. The van der Waals surface area contributed by atoms with Crippen LogP contribution in [0.1, 0.15) is 18.9 Å². The highest BCUT2D eigenvalue weighted by atomic mass is 32.1. The fourth-order valence-electron chi connectivity index (χ4n) is 1.10. The summed E-state index contributed by atoms with van der Waals surface area (Å²) in [5, 5.41) is 20.1. The molecule has 0 fully saturated rings. The summed E-state index contributed by atoms with van der Waals surface area (Å²) in [5.41, 5.74) is 0.920. The molecule has 2 aromatic heterocycles. The fraction of sp³-hybridized carbons (Fsp3) is 0.444. The van der Waals surface area contributed by atoms with E-state index in [9.17, 15) is 0 Å². The Morgan fingerprint density at radius 2 is 2.33 bits per heavy atom. The molecular weight excluding hydrogens is 210 g/mol. The molecule has 0 aliphatic heterocycles. The molecule has 0 saturated carbocycles. The number of hydrogen-bond donors (Lipinski definition) is 2. The number of nitrogens with one attached hydrogen (secondary N) is 2. The van der Waals surface area contributed by atoms with Crippen molar-refractivity contribution in [3.63, 3.8) is 0 Å². The maximum atomic E-state index is 4.10. The first-order chi connectivity index (χ1) is 7.25. The van der Waals surface area contributed by atoms with Gasteiger partial charge >= 0.3 is 0 Å². The van der Waals surface area contributed by atoms with Crippen LogP contribution in [0.25, 0.3) is 10.7 Å². The zero-order chi connectivity index (χ0) is 10.7. The average Bonchev–Trinajstić information content (AvgIpc) is 2.85. The van der Waals surface area contributed by atoms with Crippen molar-refractivity contribution in [1.82, 2.24) is 25.7 Å². The van der Waals surface area contributed by atoms with Crippen molar-refractivity contribution >= 4 is 11.3 Å². The third kappa shape index (κ3) is 2.60. The molecule has 2 rings (SSSR count). The molecule has 2 aromatic rings. The third-order valence-corrected chi connectivity index (χ3v) is 2.82. The summed E-state index contributed by atoms with van der Waals surface area (Å²) >= 11 is 1.58. The SMILES string of the molecule is CC(C)NCc1nnc(-c2ccn[nH]2)s1. The number of aromatic amines is 1. The lowest BCUT2D eigenvalue weighted by atomic mass is 10.4. The molecule has 0 radical (unpaired) electrons. The van der Waals surface area contributed by atoms with Crippen LogP contribution in [0.5, 0.6) is 0 Å². The van der Waals surface area contributed by atoms with Crippen LogP contribution in [0.3, 0.4) is 0 Å². The van der Waals surface area contributed by atoms with Gasteiger partial charge in [-0.05, 0) is 6.07 Å². The Kier molecular flexibility index (Phi) is 3.08. The zero-order valence-corrected chi connectivity index (χ0v) is 9.51. The highest BCUT2D eigenvalue weighted by molar-refractivity contribution is 7.14. The second kappa shape index (κ2) is 4.50. The molecule has 2 N–H and O–H groups in total. The molecule has 0 aliphatic rings. The van der Waals surface area contributed by atoms with Crippen molar-refractivity contribution in [3.05, 3.63) is 17.3 Å². The van der Waals surface area contributed by atoms with Gasteiger partial charge in [0.1, 0.15) is 5.01 Å². The molecule has 0 saturated heterocycles. The van der Waals surface area contributed by atoms with Gasteiger partial charge < -0.3 is 5.32 Å². The van der Waals surface area contributed by atoms with E-state index in [-0.39, 0.29) is 0 Å². The Morgan fingerprint density at radius 3 is 3.00 bits per heavy atom. The molecule has 2 heterocycles. The van der Waals surface area contributed by atoms with Gasteiger partial charge in [0.25, 0.3) is 0 Å². The van der Waals surface area contributed by atoms with E-state index < -0.39 is 0 Å². The smallest absolute Gasteiger partial charge is 0.165 e. The van der Waals surface area contributed by atoms with Gasteiger partial charge in [0.05, 0.1) is 5.69 Å². The molecule has 6 heteroatoms. The molecule has 0 atom stereocenters. The number of nitrogens with zero attached hydrogens (tertiary/aromatic N) is 3. The Balaban J connectivity index is 2.04. The van der Waals surface area contributed by atoms with Crippen LogP contribution in [-0.4, -0.2) is 26.4 Å². The Morgan fingerprint density at radius 1 is 1.47 bits per heavy atom. The Labute approximate surface area is 91.9 Å². The standard InChI is InChI=1S/C9H13N5S/c1-6(2)10-5-8-13-14-9(15-8)7-3-4-11-12-7/h3-4,6,10H,5H2,1-2H3,(H,11,12). The molecule has 0 unspecified atom stereocenters. The van der Waals surface area contributed by atoms with E-state index in [1.165, 1.54) is 0 Å². The molecule has 0 amide bonds. The number of rotatable bonds is 4. The van der Waals surface area contributed by atoms with Crippen molar-refractivity contribution < 1.29 is 0 Å². The maximum Gasteiger partial charge on any atom is 0.165 e. The van der Waals surface area contributed by atoms with Crippen molar-refractivity contribution in [3.8, 4) is 10.7 Å². The van der Waals surface area contributed by atoms with Crippen LogP contribution >= 0.6 is 11.3 Å². The van der Waals surface area contributed by atoms with Crippen LogP contribution in [0.2, 0.25) is 0 Å². The molecule has 15 heavy (non-hydrogen) atoms. The predicted octanol–water partition coefficient (Wildman–Crippen LogP) is 1.43. The van der Waals surface area contributed by atoms with Gasteiger partial charge in [-0.25, -0.2) is 0 Å². The molecule has 80 valence electrons. The lowest BCUT2D eigenvalue weighted by Crippen LogP contribution is -2.21. The highest BCUT2D eigenvalue weighted by Gasteiger charge is 2.07. The summed E-state index contributed by atoms with van der Waals surface area (Å²) in [7, 11) is 0. The van der Waals surface area contributed by atoms with Crippen LogP contribution in [-0.2, 0) is 6.54 Å². The second-order valence-corrected chi connectivity index (χ2v) is 4.57. The van der Waals surface area contributed by atoms with Gasteiger partial charge in [0.15, 0.2) is 5.01 Å². The molecule has 0 aliphatic carbocycles. The normalized spacial score (nSPS) is 11.1. The minimum atomic E-state index is 0.463. The van der Waals surface area contributed by atoms with E-state index in [0.717, 1.165) is 22.3 Å². The van der Waals surface area contributed by atoms with Crippen LogP contribution in [0.15, 0.2) is 12.3 Å². The summed E-state index contributed by atoms with van der Waals surface area (Å²) in [6, 6.07) is 2.35. The summed E-state index contributed by atoms with van der Waals surface area (Å²) in [5.74, 6) is 0. The van der Waals surface area contributed by atoms with Crippen LogP contribution in [0, 0.1) is 0 Å². The molecule has 5 nitrogen and oxygen atoms in total. The van der Waals surface area contributed by atoms with E-state index in [0.29, 0.717) is 6.04 Å². The topological polar surface area (TPSA) is 66.5 Å². The molecular formula is C9H13N5S. The average molecular weight is 223 g/mol. The second-order valence-electron chi connectivity index (χ2n) is 3.51. The monoisotopic (exact) mass is 223 g/mol. The molecule has 0 aromatic carbocycles. The van der Waals surface area contributed by atoms with Gasteiger partial charge in [-0.1, -0.05) is 25.2 Å². The third-order valence-electron chi connectivity index (χ3n) is 1.86. The summed E-state index contributed by atoms with van der Waals surface area (Å²) in [6.45, 7) is 4.98. The number of aromatic nitrogens is 4. The lowest BCUT2D eigenvalue weighted by molar-refractivity contribution is 0.585. The van der Waals surface area contributed by atoms with Crippen LogP contribution in [0.4, 0.5) is 0 Å². The van der Waals surface area contributed by atoms with Crippen molar-refractivity contribution in [1.29, 1.82) is 0 Å². The van der Waals surface area contributed by atoms with Gasteiger partial charge in [-0.15, -0.1) is 10.2 Å². The first-order valence-corrected chi connectivity index (χ1v) is 5.63. The highest BCUT2D eigenvalue weighted by Crippen LogP contribution is 2.20. The summed E-state index contributed by atoms with van der Waals surface area (Å²) in [4.78, 5) is 0. The van der Waals surface area contributed by atoms with Gasteiger partial charge in [-0.3, -0.25) is 5.10 Å². The van der Waals surface area contributed by atoms with E-state index in [1.807, 2.05) is 6.07 Å². The molecule has 0 bridgehead atoms. The molecule has 0 spiro atoms. The summed E-state index contributed by atoms with van der Waals surface area (Å²) in [6.07, 6.45) is 1.71. The van der Waals surface area contributed by atoms with Crippen molar-refractivity contribution in [2.45, 2.75) is 26.4 Å². The van der Waals surface area contributed by atoms with Crippen LogP contribution < -0.4 is 5.32 Å². The van der Waals surface area contributed by atoms with Crippen molar-refractivity contribution in [2.75, 3.05) is 0 Å². The van der Waals surface area contributed by atoms with E-state index in [2.05, 4.69) is 39.6 Å². The van der Waals surface area contributed by atoms with Crippen molar-refractivity contribution in [2.24, 2.45) is 0 Å². The largest absolute Gasteiger partial charge is 0.308 e. The lowest BCUT2D eigenvalue weighted by Gasteiger charge is -2.03. The number of hydrogen-bond acceptors (Lipinski definition) is 5. The van der Waals surface area contributed by atoms with Gasteiger partial charge in [0, 0.05) is 18.8 Å². The predicted molar refractivity (Wildman–Crippen MR) is 59.5 cm³/mol. The summed E-state index contributed by atoms with van der Waals surface area (Å²) < 4.78 is 0. The number of H-pyrrole nitrogens is 1. The van der Waals surface area contributed by atoms with E-state index >= 15 is 0 Å². The van der Waals surface area contributed by atoms with Gasteiger partial charge in [-0.2, -0.15) is 5.10 Å². The first kappa shape index (κ1) is 10.3. The minimum Gasteiger partial charge on any atom is -0.308 e. The quantitative estimate of drug-likeness (QED) is 0.822. The Hall–Kier alpha value is -1.27. The van der Waals surface area contributed by atoms with Gasteiger partial charge in [0.2, 0.25) is 0 Å². The maximum absolute atomic E-state index is 4.10.